The molecular weight excluding hydrogens is 352 g/mol. The Bertz CT molecular complexity index is 897. The first kappa shape index (κ1) is 19.0. The van der Waals surface area contributed by atoms with Crippen LogP contribution in [0.4, 0.5) is 0 Å². The fraction of sp³-hybridized carbons (Fsp3) is 0.591. The molecule has 1 saturated heterocycles. The maximum atomic E-state index is 13.5. The minimum Gasteiger partial charge on any atom is -0.338 e. The van der Waals surface area contributed by atoms with Crippen molar-refractivity contribution in [3.8, 4) is 0 Å². The number of aryl methyl sites for hydroxylation is 1. The predicted molar refractivity (Wildman–Crippen MR) is 108 cm³/mol. The van der Waals surface area contributed by atoms with E-state index in [-0.39, 0.29) is 23.4 Å². The van der Waals surface area contributed by atoms with Crippen molar-refractivity contribution in [3.63, 3.8) is 0 Å². The van der Waals surface area contributed by atoms with Gasteiger partial charge in [-0.05, 0) is 50.8 Å². The monoisotopic (exact) mass is 382 g/mol. The molecule has 1 atom stereocenters. The highest BCUT2D eigenvalue weighted by atomic mass is 16.2. The van der Waals surface area contributed by atoms with Crippen molar-refractivity contribution in [1.29, 1.82) is 0 Å². The zero-order chi connectivity index (χ0) is 19.9. The Kier molecular flexibility index (Phi) is 4.89. The number of aromatic nitrogens is 2. The van der Waals surface area contributed by atoms with Crippen molar-refractivity contribution < 1.29 is 9.59 Å². The van der Waals surface area contributed by atoms with Crippen LogP contribution >= 0.6 is 0 Å². The van der Waals surface area contributed by atoms with E-state index in [1.807, 2.05) is 47.7 Å². The van der Waals surface area contributed by atoms with Gasteiger partial charge in [0.2, 0.25) is 5.91 Å². The van der Waals surface area contributed by atoms with Crippen LogP contribution in [0.15, 0.2) is 24.5 Å². The number of fused-ring (bicyclic) bond motifs is 1. The summed E-state index contributed by atoms with van der Waals surface area (Å²) >= 11 is 0. The van der Waals surface area contributed by atoms with E-state index >= 15 is 0 Å². The van der Waals surface area contributed by atoms with Crippen LogP contribution in [-0.4, -0.2) is 55.7 Å². The van der Waals surface area contributed by atoms with Gasteiger partial charge in [0.05, 0.1) is 6.04 Å². The van der Waals surface area contributed by atoms with Gasteiger partial charge < -0.3 is 14.2 Å². The zero-order valence-corrected chi connectivity index (χ0v) is 17.1. The summed E-state index contributed by atoms with van der Waals surface area (Å²) < 4.78 is 1.91. The normalized spacial score (nSPS) is 21.4. The van der Waals surface area contributed by atoms with Crippen molar-refractivity contribution in [1.82, 2.24) is 19.2 Å². The van der Waals surface area contributed by atoms with E-state index < -0.39 is 0 Å². The molecule has 1 spiro atoms. The lowest BCUT2D eigenvalue weighted by atomic mass is 9.79. The maximum Gasteiger partial charge on any atom is 0.274 e. The fourth-order valence-corrected chi connectivity index (χ4v) is 5.27. The van der Waals surface area contributed by atoms with Crippen molar-refractivity contribution >= 4 is 17.5 Å². The Morgan fingerprint density at radius 3 is 2.71 bits per heavy atom. The lowest BCUT2D eigenvalue weighted by Crippen LogP contribution is -2.48. The molecule has 150 valence electrons. The third kappa shape index (κ3) is 3.19. The molecular formula is C22H30N4O2. The molecule has 6 nitrogen and oxygen atoms in total. The van der Waals surface area contributed by atoms with Crippen LogP contribution in [0.1, 0.15) is 68.4 Å². The van der Waals surface area contributed by atoms with E-state index in [4.69, 9.17) is 0 Å². The molecule has 0 unspecified atom stereocenters. The Balaban J connectivity index is 1.67. The van der Waals surface area contributed by atoms with Gasteiger partial charge in [0.15, 0.2) is 0 Å². The number of imidazole rings is 1. The smallest absolute Gasteiger partial charge is 0.274 e. The average Bonchev–Trinajstić information content (AvgIpc) is 3.24. The summed E-state index contributed by atoms with van der Waals surface area (Å²) in [7, 11) is 0. The molecule has 0 aromatic carbocycles. The SMILES string of the molecule is CCN(C(C)=O)[C@H]1CN(C(=O)c2cn3ccc(C)cc3n2)C2(CCCCC2)C1. The molecule has 2 aromatic heterocycles. The summed E-state index contributed by atoms with van der Waals surface area (Å²) in [6.07, 6.45) is 10.2. The van der Waals surface area contributed by atoms with E-state index in [1.165, 1.54) is 6.42 Å². The molecule has 2 fully saturated rings. The molecule has 3 heterocycles. The van der Waals surface area contributed by atoms with Crippen LogP contribution in [0.3, 0.4) is 0 Å². The van der Waals surface area contributed by atoms with Crippen molar-refractivity contribution in [2.24, 2.45) is 0 Å². The van der Waals surface area contributed by atoms with Gasteiger partial charge >= 0.3 is 0 Å². The summed E-state index contributed by atoms with van der Waals surface area (Å²) in [6, 6.07) is 4.11. The van der Waals surface area contributed by atoms with Gasteiger partial charge in [0, 0.05) is 37.9 Å². The molecule has 0 radical (unpaired) electrons. The highest BCUT2D eigenvalue weighted by Gasteiger charge is 2.50. The number of hydrogen-bond donors (Lipinski definition) is 0. The van der Waals surface area contributed by atoms with E-state index in [0.29, 0.717) is 18.8 Å². The second kappa shape index (κ2) is 7.22. The molecule has 1 aliphatic heterocycles. The lowest BCUT2D eigenvalue weighted by molar-refractivity contribution is -0.130. The number of amides is 2. The van der Waals surface area contributed by atoms with Crippen LogP contribution < -0.4 is 0 Å². The number of nitrogens with zero attached hydrogens (tertiary/aromatic N) is 4. The Hall–Kier alpha value is -2.37. The summed E-state index contributed by atoms with van der Waals surface area (Å²) in [5, 5.41) is 0. The van der Waals surface area contributed by atoms with Crippen molar-refractivity contribution in [2.45, 2.75) is 70.9 Å². The van der Waals surface area contributed by atoms with Gasteiger partial charge in [-0.3, -0.25) is 9.59 Å². The first-order valence-corrected chi connectivity index (χ1v) is 10.5. The summed E-state index contributed by atoms with van der Waals surface area (Å²) in [5.41, 5.74) is 2.30. The first-order chi connectivity index (χ1) is 13.4. The molecule has 28 heavy (non-hydrogen) atoms. The number of carbonyl (C=O) groups excluding carboxylic acids is 2. The van der Waals surface area contributed by atoms with E-state index in [1.54, 1.807) is 6.92 Å². The van der Waals surface area contributed by atoms with Crippen molar-refractivity contribution in [2.75, 3.05) is 13.1 Å². The quantitative estimate of drug-likeness (QED) is 0.817. The average molecular weight is 383 g/mol. The third-order valence-corrected chi connectivity index (χ3v) is 6.63. The molecule has 6 heteroatoms. The number of rotatable bonds is 3. The van der Waals surface area contributed by atoms with E-state index in [9.17, 15) is 9.59 Å². The van der Waals surface area contributed by atoms with E-state index in [2.05, 4.69) is 9.88 Å². The molecule has 2 aromatic rings. The number of pyridine rings is 1. The second-order valence-electron chi connectivity index (χ2n) is 8.46. The predicted octanol–water partition coefficient (Wildman–Crippen LogP) is 3.43. The number of likely N-dealkylation sites (tertiary alicyclic amines) is 1. The van der Waals surface area contributed by atoms with Gasteiger partial charge in [-0.25, -0.2) is 4.98 Å². The zero-order valence-electron chi connectivity index (χ0n) is 17.1. The highest BCUT2D eigenvalue weighted by molar-refractivity contribution is 5.94. The van der Waals surface area contributed by atoms with Gasteiger partial charge in [-0.2, -0.15) is 0 Å². The number of hydrogen-bond acceptors (Lipinski definition) is 3. The van der Waals surface area contributed by atoms with Crippen LogP contribution in [0.2, 0.25) is 0 Å². The standard InChI is InChI=1S/C22H30N4O2/c1-4-25(17(3)27)18-13-22(9-6-5-7-10-22)26(14-18)21(28)19-15-24-11-8-16(2)12-20(24)23-19/h8,11-12,15,18H,4-7,9-10,13-14H2,1-3H3/t18-/m1/s1. The van der Waals surface area contributed by atoms with Gasteiger partial charge in [0.1, 0.15) is 11.3 Å². The second-order valence-corrected chi connectivity index (χ2v) is 8.46. The minimum atomic E-state index is -0.130. The van der Waals surface area contributed by atoms with E-state index in [0.717, 1.165) is 43.3 Å². The molecule has 4 rings (SSSR count). The molecule has 0 N–H and O–H groups in total. The number of carbonyl (C=O) groups is 2. The largest absolute Gasteiger partial charge is 0.338 e. The van der Waals surface area contributed by atoms with Crippen LogP contribution in [0.5, 0.6) is 0 Å². The first-order valence-electron chi connectivity index (χ1n) is 10.5. The van der Waals surface area contributed by atoms with Gasteiger partial charge in [0.25, 0.3) is 5.91 Å². The van der Waals surface area contributed by atoms with Crippen LogP contribution in [0, 0.1) is 6.92 Å². The third-order valence-electron chi connectivity index (χ3n) is 6.63. The van der Waals surface area contributed by atoms with Crippen LogP contribution in [0.25, 0.3) is 5.65 Å². The molecule has 2 amide bonds. The number of likely N-dealkylation sites (N-methyl/N-ethyl adjacent to an activating group) is 1. The summed E-state index contributed by atoms with van der Waals surface area (Å²) in [5.74, 6) is 0.0984. The summed E-state index contributed by atoms with van der Waals surface area (Å²) in [4.78, 5) is 34.3. The van der Waals surface area contributed by atoms with Crippen molar-refractivity contribution in [3.05, 3.63) is 35.8 Å². The molecule has 1 aliphatic carbocycles. The molecule has 2 aliphatic rings. The lowest BCUT2D eigenvalue weighted by Gasteiger charge is -2.41. The Morgan fingerprint density at radius 2 is 2.04 bits per heavy atom. The van der Waals surface area contributed by atoms with Gasteiger partial charge in [-0.15, -0.1) is 0 Å². The Labute approximate surface area is 166 Å². The maximum absolute atomic E-state index is 13.5. The summed E-state index contributed by atoms with van der Waals surface area (Å²) in [6.45, 7) is 6.97. The molecule has 0 bridgehead atoms. The molecule has 1 saturated carbocycles. The fourth-order valence-electron chi connectivity index (χ4n) is 5.27. The van der Waals surface area contributed by atoms with Gasteiger partial charge in [-0.1, -0.05) is 19.3 Å². The van der Waals surface area contributed by atoms with Crippen LogP contribution in [-0.2, 0) is 4.79 Å². The Morgan fingerprint density at radius 1 is 1.29 bits per heavy atom. The minimum absolute atomic E-state index is 0.00496. The topological polar surface area (TPSA) is 57.9 Å². The highest BCUT2D eigenvalue weighted by Crippen LogP contribution is 2.43.